The minimum absolute atomic E-state index is 0.00554. The lowest BCUT2D eigenvalue weighted by atomic mass is 10.1. The molecular formula is C42H53N11O8. The fourth-order valence-electron chi connectivity index (χ4n) is 6.18. The first-order valence-electron chi connectivity index (χ1n) is 20.0. The summed E-state index contributed by atoms with van der Waals surface area (Å²) < 4.78 is 17.6. The van der Waals surface area contributed by atoms with Gasteiger partial charge in [0.2, 0.25) is 11.8 Å². The maximum absolute atomic E-state index is 13.3. The number of carbonyl (C=O) groups is 5. The molecular weight excluding hydrogens is 787 g/mol. The Balaban J connectivity index is 1.09. The molecule has 0 aliphatic carbocycles. The maximum atomic E-state index is 13.3. The third kappa shape index (κ3) is 14.0. The smallest absolute Gasteiger partial charge is 0.407 e. The van der Waals surface area contributed by atoms with Gasteiger partial charge in [-0.25, -0.2) is 19.6 Å². The van der Waals surface area contributed by atoms with Crippen molar-refractivity contribution in [3.8, 4) is 22.8 Å². The molecule has 0 saturated carbocycles. The molecule has 0 spiro atoms. The highest BCUT2D eigenvalue weighted by molar-refractivity contribution is 6.07. The molecule has 1 aliphatic heterocycles. The number of ether oxygens (including phenoxy) is 3. The standard InChI is InChI=1S/C42H53N11O8/c1-26(2)21-36(54)50-30(7-4-15-46-41(44)57)39(55)49-29-11-8-27(9-12-29)25-61-42(58)47-16-5-19-59-34-13-10-28-22-35(34)60-20-6-18-53(3)33-14-17-45-23-32(33)52-40(56)37-38(43)48-24-31(28)51-37/h8-14,17,22-24,26,30H,4-7,15-16,18-21,25H2,1-3H3,(H2,43,48)(H,47,58)(H,49,55)(H,50,54)(H,52,56)(H3,44,46,57)/t30-/m0/s1. The van der Waals surface area contributed by atoms with Crippen LogP contribution < -0.4 is 52.4 Å². The molecule has 19 heteroatoms. The first-order valence-corrected chi connectivity index (χ1v) is 20.0. The molecule has 324 valence electrons. The monoisotopic (exact) mass is 839 g/mol. The number of nitrogens with two attached hydrogens (primary N) is 2. The minimum Gasteiger partial charge on any atom is -0.490 e. The van der Waals surface area contributed by atoms with Crippen molar-refractivity contribution in [2.24, 2.45) is 11.7 Å². The highest BCUT2D eigenvalue weighted by Crippen LogP contribution is 2.33. The van der Waals surface area contributed by atoms with Gasteiger partial charge in [-0.1, -0.05) is 26.0 Å². The van der Waals surface area contributed by atoms with Crippen LogP contribution in [0.25, 0.3) is 11.3 Å². The number of pyridine rings is 1. The van der Waals surface area contributed by atoms with Gasteiger partial charge >= 0.3 is 12.1 Å². The van der Waals surface area contributed by atoms with Crippen LogP contribution in [0.4, 0.5) is 32.5 Å². The number of rotatable bonds is 16. The van der Waals surface area contributed by atoms with E-state index in [1.807, 2.05) is 31.9 Å². The Hall–Kier alpha value is -7.18. The first-order chi connectivity index (χ1) is 29.4. The second-order valence-corrected chi connectivity index (χ2v) is 14.7. The number of primary amides is 1. The fraction of sp³-hybridized carbons (Fsp3) is 0.381. The number of fused-ring (bicyclic) bond motifs is 6. The molecule has 0 unspecified atom stereocenters. The van der Waals surface area contributed by atoms with E-state index in [0.29, 0.717) is 78.5 Å². The van der Waals surface area contributed by atoms with Crippen molar-refractivity contribution < 1.29 is 38.2 Å². The predicted octanol–water partition coefficient (Wildman–Crippen LogP) is 4.21. The van der Waals surface area contributed by atoms with Gasteiger partial charge in [0.25, 0.3) is 5.91 Å². The van der Waals surface area contributed by atoms with Gasteiger partial charge in [0.05, 0.1) is 42.7 Å². The number of aromatic nitrogens is 3. The molecule has 4 aromatic rings. The molecule has 9 N–H and O–H groups in total. The minimum atomic E-state index is -0.811. The van der Waals surface area contributed by atoms with Crippen LogP contribution in [-0.2, 0) is 20.9 Å². The van der Waals surface area contributed by atoms with Crippen molar-refractivity contribution >= 4 is 52.7 Å². The van der Waals surface area contributed by atoms with E-state index < -0.39 is 30.0 Å². The Bertz CT molecular complexity index is 2150. The van der Waals surface area contributed by atoms with Crippen molar-refractivity contribution in [3.05, 3.63) is 78.4 Å². The van der Waals surface area contributed by atoms with E-state index in [4.69, 9.17) is 25.7 Å². The van der Waals surface area contributed by atoms with Crippen LogP contribution in [0.15, 0.2) is 67.1 Å². The number of alkyl carbamates (subject to hydrolysis) is 1. The second kappa shape index (κ2) is 22.3. The van der Waals surface area contributed by atoms with Crippen LogP contribution in [0.3, 0.4) is 0 Å². The Kier molecular flexibility index (Phi) is 16.4. The highest BCUT2D eigenvalue weighted by Gasteiger charge is 2.22. The molecule has 19 nitrogen and oxygen atoms in total. The molecule has 0 radical (unpaired) electrons. The highest BCUT2D eigenvalue weighted by atomic mass is 16.5. The van der Waals surface area contributed by atoms with Crippen molar-refractivity contribution in [2.75, 3.05) is 61.2 Å². The van der Waals surface area contributed by atoms with E-state index in [0.717, 1.165) is 5.69 Å². The quantitative estimate of drug-likeness (QED) is 0.0781. The van der Waals surface area contributed by atoms with E-state index >= 15 is 0 Å². The Labute approximate surface area is 353 Å². The van der Waals surface area contributed by atoms with Gasteiger partial charge in [0.15, 0.2) is 23.0 Å². The zero-order valence-electron chi connectivity index (χ0n) is 34.5. The zero-order chi connectivity index (χ0) is 43.7. The van der Waals surface area contributed by atoms with Crippen LogP contribution in [0.2, 0.25) is 0 Å². The van der Waals surface area contributed by atoms with Gasteiger partial charge in [-0.05, 0) is 73.6 Å². The second-order valence-electron chi connectivity index (χ2n) is 14.7. The van der Waals surface area contributed by atoms with Crippen molar-refractivity contribution in [2.45, 2.75) is 58.6 Å². The van der Waals surface area contributed by atoms with Crippen LogP contribution in [0, 0.1) is 5.92 Å². The molecule has 2 aromatic carbocycles. The van der Waals surface area contributed by atoms with E-state index in [1.165, 1.54) is 6.20 Å². The summed E-state index contributed by atoms with van der Waals surface area (Å²) in [6.45, 7) is 5.61. The molecule has 5 rings (SSSR count). The van der Waals surface area contributed by atoms with Gasteiger partial charge in [-0.3, -0.25) is 19.4 Å². The van der Waals surface area contributed by atoms with Crippen molar-refractivity contribution in [1.29, 1.82) is 0 Å². The molecule has 61 heavy (non-hydrogen) atoms. The molecule has 3 heterocycles. The number of anilines is 4. The lowest BCUT2D eigenvalue weighted by Gasteiger charge is -2.22. The number of hydrogen-bond donors (Lipinski definition) is 7. The molecule has 4 bridgehead atoms. The number of nitrogens with one attached hydrogen (secondary N) is 5. The van der Waals surface area contributed by atoms with E-state index in [-0.39, 0.29) is 56.1 Å². The summed E-state index contributed by atoms with van der Waals surface area (Å²) in [5.74, 6) is -0.0936. The molecule has 6 amide bonds. The summed E-state index contributed by atoms with van der Waals surface area (Å²) in [6, 6.07) is 12.4. The van der Waals surface area contributed by atoms with Crippen molar-refractivity contribution in [1.82, 2.24) is 30.9 Å². The number of benzene rings is 2. The van der Waals surface area contributed by atoms with Crippen LogP contribution >= 0.6 is 0 Å². The predicted molar refractivity (Wildman–Crippen MR) is 229 cm³/mol. The van der Waals surface area contributed by atoms with Gasteiger partial charge in [-0.2, -0.15) is 0 Å². The van der Waals surface area contributed by atoms with Crippen molar-refractivity contribution in [3.63, 3.8) is 0 Å². The summed E-state index contributed by atoms with van der Waals surface area (Å²) in [5, 5.41) is 13.6. The Morgan fingerprint density at radius 1 is 1.02 bits per heavy atom. The van der Waals surface area contributed by atoms with E-state index in [1.54, 1.807) is 54.9 Å². The summed E-state index contributed by atoms with van der Waals surface area (Å²) >= 11 is 0. The molecule has 2 aromatic heterocycles. The molecule has 1 atom stereocenters. The number of carbonyl (C=O) groups excluding carboxylic acids is 5. The normalized spacial score (nSPS) is 12.9. The Morgan fingerprint density at radius 2 is 1.80 bits per heavy atom. The van der Waals surface area contributed by atoms with Crippen LogP contribution in [-0.4, -0.2) is 90.7 Å². The summed E-state index contributed by atoms with van der Waals surface area (Å²) in [5.41, 5.74) is 14.7. The first kappa shape index (κ1) is 44.9. The van der Waals surface area contributed by atoms with E-state index in [2.05, 4.69) is 41.5 Å². The lowest BCUT2D eigenvalue weighted by molar-refractivity contribution is -0.127. The summed E-state index contributed by atoms with van der Waals surface area (Å²) in [4.78, 5) is 77.2. The fourth-order valence-corrected chi connectivity index (χ4v) is 6.18. The topological polar surface area (TPSA) is 267 Å². The largest absolute Gasteiger partial charge is 0.490 e. The number of urea groups is 1. The lowest BCUT2D eigenvalue weighted by Crippen LogP contribution is -2.44. The van der Waals surface area contributed by atoms with Gasteiger partial charge < -0.3 is 57.2 Å². The van der Waals surface area contributed by atoms with Gasteiger partial charge in [-0.15, -0.1) is 0 Å². The van der Waals surface area contributed by atoms with Crippen LogP contribution in [0.1, 0.15) is 62.0 Å². The summed E-state index contributed by atoms with van der Waals surface area (Å²) in [7, 11) is 1.91. The average Bonchev–Trinajstić information content (AvgIpc) is 3.23. The van der Waals surface area contributed by atoms with Gasteiger partial charge in [0, 0.05) is 50.6 Å². The molecule has 1 aliphatic rings. The zero-order valence-corrected chi connectivity index (χ0v) is 34.5. The summed E-state index contributed by atoms with van der Waals surface area (Å²) in [6.07, 6.45) is 6.21. The number of amides is 6. The third-order valence-electron chi connectivity index (χ3n) is 9.26. The number of hydrogen-bond acceptors (Lipinski definition) is 13. The SMILES string of the molecule is CC(C)CC(=O)N[C@@H](CCCNC(N)=O)C(=O)Nc1ccc(COC(=O)NCCCOc2ccc3cc2OCCCN(C)c2ccncc2NC(=O)c2nc-3cnc2N)cc1. The van der Waals surface area contributed by atoms with E-state index in [9.17, 15) is 24.0 Å². The third-order valence-corrected chi connectivity index (χ3v) is 9.26. The number of nitrogens with zero attached hydrogens (tertiary/aromatic N) is 4. The Morgan fingerprint density at radius 3 is 2.57 bits per heavy atom. The van der Waals surface area contributed by atoms with Crippen LogP contribution in [0.5, 0.6) is 11.5 Å². The maximum Gasteiger partial charge on any atom is 0.407 e. The average molecular weight is 840 g/mol. The molecule has 0 fully saturated rings. The molecule has 0 saturated heterocycles. The number of nitrogen functional groups attached to an aromatic ring is 1. The van der Waals surface area contributed by atoms with Gasteiger partial charge in [0.1, 0.15) is 12.6 Å².